The first-order chi connectivity index (χ1) is 11.1. The summed E-state index contributed by atoms with van der Waals surface area (Å²) < 4.78 is 194. The third-order valence-corrected chi connectivity index (χ3v) is 2.88. The van der Waals surface area contributed by atoms with Gasteiger partial charge in [0.2, 0.25) is 0 Å². The predicted molar refractivity (Wildman–Crippen MR) is 52.2 cm³/mol. The van der Waals surface area contributed by atoms with E-state index in [0.29, 0.717) is 0 Å². The van der Waals surface area contributed by atoms with Crippen LogP contribution >= 0.6 is 0 Å². The van der Waals surface area contributed by atoms with E-state index >= 15 is 0 Å². The Balaban J connectivity index is 6.33. The van der Waals surface area contributed by atoms with Crippen molar-refractivity contribution in [2.45, 2.75) is 48.6 Å². The van der Waals surface area contributed by atoms with Crippen molar-refractivity contribution in [3.05, 3.63) is 0 Å². The number of halogens is 15. The molecule has 0 saturated carbocycles. The number of hydrogen-bond donors (Lipinski definition) is 0. The van der Waals surface area contributed by atoms with E-state index in [-0.39, 0.29) is 0 Å². The quantitative estimate of drug-likeness (QED) is 0.471. The van der Waals surface area contributed by atoms with Crippen LogP contribution in [0.2, 0.25) is 0 Å². The molecule has 0 fully saturated rings. The highest BCUT2D eigenvalue weighted by molar-refractivity contribution is 5.12. The fourth-order valence-corrected chi connectivity index (χ4v) is 1.32. The highest BCUT2D eigenvalue weighted by atomic mass is 19.4. The largest absolute Gasteiger partial charge is 0.460 e. The second kappa shape index (κ2) is 6.51. The van der Waals surface area contributed by atoms with Crippen LogP contribution in [0, 0.1) is 0 Å². The Morgan fingerprint density at radius 2 is 0.808 bits per heavy atom. The zero-order valence-electron chi connectivity index (χ0n) is 12.0. The standard InChI is InChI=1S/C10H7F15O/c1-2-26-3-4(11,12)5(13,14)6(15,16)7(17,18)8(19,20)9(21,22)10(23,24)25/h2-3H2,1H3. The lowest BCUT2D eigenvalue weighted by Gasteiger charge is -2.41. The molecule has 0 heterocycles. The normalized spacial score (nSPS) is 16.2. The van der Waals surface area contributed by atoms with Crippen LogP contribution in [0.1, 0.15) is 6.92 Å². The highest BCUT2D eigenvalue weighted by Gasteiger charge is 2.93. The van der Waals surface area contributed by atoms with Crippen molar-refractivity contribution in [2.75, 3.05) is 13.2 Å². The van der Waals surface area contributed by atoms with Gasteiger partial charge in [-0.2, -0.15) is 65.9 Å². The number of ether oxygens (including phenoxy) is 1. The van der Waals surface area contributed by atoms with Crippen molar-refractivity contribution in [3.63, 3.8) is 0 Å². The summed E-state index contributed by atoms with van der Waals surface area (Å²) in [6.45, 7) is -2.79. The summed E-state index contributed by atoms with van der Waals surface area (Å²) in [5.74, 6) is -46.3. The van der Waals surface area contributed by atoms with E-state index in [4.69, 9.17) is 0 Å². The minimum Gasteiger partial charge on any atom is -0.375 e. The summed E-state index contributed by atoms with van der Waals surface area (Å²) in [5, 5.41) is 0. The molecule has 0 spiro atoms. The molecule has 16 heteroatoms. The van der Waals surface area contributed by atoms with Gasteiger partial charge in [0.15, 0.2) is 0 Å². The van der Waals surface area contributed by atoms with Gasteiger partial charge < -0.3 is 4.74 Å². The smallest absolute Gasteiger partial charge is 0.375 e. The minimum absolute atomic E-state index is 0.832. The SMILES string of the molecule is CCOCC(F)(F)C(F)(F)C(F)(F)C(F)(F)C(F)(F)C(F)(F)C(F)(F)F. The third-order valence-electron chi connectivity index (χ3n) is 2.88. The molecule has 0 aromatic carbocycles. The average Bonchev–Trinajstić information content (AvgIpc) is 2.42. The zero-order valence-corrected chi connectivity index (χ0v) is 12.0. The molecule has 0 aliphatic rings. The zero-order chi connectivity index (χ0) is 21.6. The number of hydrogen-bond acceptors (Lipinski definition) is 1. The maximum Gasteiger partial charge on any atom is 0.460 e. The Bertz CT molecular complexity index is 491. The Hall–Kier alpha value is -1.09. The molecule has 0 aliphatic carbocycles. The fraction of sp³-hybridized carbons (Fsp3) is 1.00. The van der Waals surface area contributed by atoms with Gasteiger partial charge in [0, 0.05) is 6.61 Å². The first kappa shape index (κ1) is 24.9. The Kier molecular flexibility index (Phi) is 6.24. The van der Waals surface area contributed by atoms with Crippen LogP contribution in [-0.2, 0) is 4.74 Å². The summed E-state index contributed by atoms with van der Waals surface area (Å²) in [6, 6.07) is 0. The van der Waals surface area contributed by atoms with Crippen LogP contribution in [0.3, 0.4) is 0 Å². The highest BCUT2D eigenvalue weighted by Crippen LogP contribution is 2.62. The van der Waals surface area contributed by atoms with Crippen molar-refractivity contribution in [1.82, 2.24) is 0 Å². The van der Waals surface area contributed by atoms with Crippen molar-refractivity contribution < 1.29 is 70.6 Å². The van der Waals surface area contributed by atoms with Gasteiger partial charge in [0.1, 0.15) is 6.61 Å². The Labute approximate surface area is 134 Å². The molecule has 26 heavy (non-hydrogen) atoms. The van der Waals surface area contributed by atoms with Crippen molar-refractivity contribution in [2.24, 2.45) is 0 Å². The predicted octanol–water partition coefficient (Wildman–Crippen LogP) is 5.40. The molecule has 0 amide bonds. The molecule has 0 aromatic heterocycles. The molecule has 0 unspecified atom stereocenters. The van der Waals surface area contributed by atoms with Gasteiger partial charge >= 0.3 is 41.7 Å². The monoisotopic (exact) mass is 428 g/mol. The molecule has 0 N–H and O–H groups in total. The molecule has 0 aromatic rings. The van der Waals surface area contributed by atoms with Crippen molar-refractivity contribution in [1.29, 1.82) is 0 Å². The molecule has 158 valence electrons. The molecule has 0 atom stereocenters. The van der Waals surface area contributed by atoms with E-state index in [2.05, 4.69) is 4.74 Å². The second-order valence-electron chi connectivity index (χ2n) is 4.71. The Morgan fingerprint density at radius 3 is 1.12 bits per heavy atom. The van der Waals surface area contributed by atoms with Gasteiger partial charge in [0.05, 0.1) is 0 Å². The van der Waals surface area contributed by atoms with Crippen LogP contribution in [0.15, 0.2) is 0 Å². The minimum atomic E-state index is -8.25. The van der Waals surface area contributed by atoms with Gasteiger partial charge in [-0.25, -0.2) is 0 Å². The van der Waals surface area contributed by atoms with E-state index in [1.807, 2.05) is 0 Å². The van der Waals surface area contributed by atoms with Crippen LogP contribution in [0.5, 0.6) is 0 Å². The summed E-state index contributed by atoms with van der Waals surface area (Å²) in [4.78, 5) is 0. The van der Waals surface area contributed by atoms with Gasteiger partial charge in [-0.05, 0) is 6.92 Å². The average molecular weight is 428 g/mol. The van der Waals surface area contributed by atoms with E-state index in [9.17, 15) is 65.9 Å². The van der Waals surface area contributed by atoms with Crippen LogP contribution in [0.25, 0.3) is 0 Å². The van der Waals surface area contributed by atoms with Crippen LogP contribution in [0.4, 0.5) is 65.9 Å². The number of rotatable bonds is 8. The molecule has 1 nitrogen and oxygen atoms in total. The fourth-order valence-electron chi connectivity index (χ4n) is 1.32. The molecule has 0 aliphatic heterocycles. The maximum atomic E-state index is 13.1. The van der Waals surface area contributed by atoms with E-state index in [0.717, 1.165) is 6.92 Å². The van der Waals surface area contributed by atoms with Gasteiger partial charge in [-0.15, -0.1) is 0 Å². The summed E-state index contributed by atoms with van der Waals surface area (Å²) in [7, 11) is 0. The van der Waals surface area contributed by atoms with Crippen LogP contribution in [-0.4, -0.2) is 54.9 Å². The van der Waals surface area contributed by atoms with E-state index in [1.165, 1.54) is 0 Å². The molecule has 0 bridgehead atoms. The van der Waals surface area contributed by atoms with Crippen LogP contribution < -0.4 is 0 Å². The molecule has 0 rings (SSSR count). The lowest BCUT2D eigenvalue weighted by Crippen LogP contribution is -2.73. The lowest BCUT2D eigenvalue weighted by molar-refractivity contribution is -0.453. The van der Waals surface area contributed by atoms with Gasteiger partial charge in [-0.3, -0.25) is 0 Å². The molecular formula is C10H7F15O. The first-order valence-corrected chi connectivity index (χ1v) is 5.97. The molecular weight excluding hydrogens is 421 g/mol. The summed E-state index contributed by atoms with van der Waals surface area (Å²) in [5.41, 5.74) is 0. The second-order valence-corrected chi connectivity index (χ2v) is 4.71. The van der Waals surface area contributed by atoms with E-state index < -0.39 is 54.9 Å². The Morgan fingerprint density at radius 1 is 0.500 bits per heavy atom. The van der Waals surface area contributed by atoms with Crippen molar-refractivity contribution in [3.8, 4) is 0 Å². The maximum absolute atomic E-state index is 13.1. The summed E-state index contributed by atoms with van der Waals surface area (Å²) >= 11 is 0. The topological polar surface area (TPSA) is 9.23 Å². The van der Waals surface area contributed by atoms with Crippen molar-refractivity contribution >= 4 is 0 Å². The molecule has 0 radical (unpaired) electrons. The third kappa shape index (κ3) is 3.28. The number of alkyl halides is 15. The lowest BCUT2D eigenvalue weighted by atomic mass is 9.91. The molecule has 0 saturated heterocycles. The van der Waals surface area contributed by atoms with Gasteiger partial charge in [0.25, 0.3) is 0 Å². The first-order valence-electron chi connectivity index (χ1n) is 5.97. The van der Waals surface area contributed by atoms with Gasteiger partial charge in [-0.1, -0.05) is 0 Å². The summed E-state index contributed by atoms with van der Waals surface area (Å²) in [6.07, 6.45) is -7.60. The van der Waals surface area contributed by atoms with E-state index in [1.54, 1.807) is 0 Å².